The van der Waals surface area contributed by atoms with Gasteiger partial charge in [-0.2, -0.15) is 0 Å². The molecule has 30 heavy (non-hydrogen) atoms. The molecule has 0 saturated carbocycles. The van der Waals surface area contributed by atoms with Crippen LogP contribution < -0.4 is 20.3 Å². The Balaban J connectivity index is 1.79. The van der Waals surface area contributed by atoms with Gasteiger partial charge in [0.25, 0.3) is 5.91 Å². The summed E-state index contributed by atoms with van der Waals surface area (Å²) in [6, 6.07) is 11.1. The molecular formula is C24H27N3O2S. The number of thiocarbonyl (C=S) groups is 1. The average Bonchev–Trinajstić information content (AvgIpc) is 3.03. The lowest BCUT2D eigenvalue weighted by molar-refractivity contribution is -0.115. The van der Waals surface area contributed by atoms with Crippen molar-refractivity contribution < 1.29 is 9.53 Å². The fraction of sp³-hybridized carbons (Fsp3) is 0.333. The van der Waals surface area contributed by atoms with Crippen LogP contribution in [0.1, 0.15) is 37.0 Å². The van der Waals surface area contributed by atoms with Crippen LogP contribution in [0.4, 0.5) is 5.69 Å². The zero-order valence-corrected chi connectivity index (χ0v) is 18.7. The van der Waals surface area contributed by atoms with E-state index in [-0.39, 0.29) is 5.91 Å². The summed E-state index contributed by atoms with van der Waals surface area (Å²) in [6.07, 6.45) is 4.06. The Bertz CT molecular complexity index is 1060. The number of nitrogens with zero attached hydrogens (tertiary/aromatic N) is 1. The second kappa shape index (κ2) is 8.11. The highest BCUT2D eigenvalue weighted by molar-refractivity contribution is 7.80. The molecule has 0 aliphatic carbocycles. The maximum atomic E-state index is 12.0. The van der Waals surface area contributed by atoms with Crippen LogP contribution in [0.15, 0.2) is 36.0 Å². The van der Waals surface area contributed by atoms with Crippen LogP contribution >= 0.6 is 12.2 Å². The SMILES string of the molecule is COc1ccc(/C=C2\NC(=S)NC2=O)cc1-c1cc2c(cc1C)N(C(C)C)CCC2. The molecule has 4 rings (SSSR count). The number of hydrogen-bond donors (Lipinski definition) is 2. The monoisotopic (exact) mass is 421 g/mol. The standard InChI is InChI=1S/C24H27N3O2S/c1-14(2)27-9-5-6-17-13-18(15(3)10-21(17)27)19-11-16(7-8-22(19)29-4)12-20-23(28)26-24(30)25-20/h7-8,10-14H,5-6,9H2,1-4H3,(H2,25,26,28,30)/b20-12-. The van der Waals surface area contributed by atoms with Crippen molar-refractivity contribution in [2.24, 2.45) is 0 Å². The maximum absolute atomic E-state index is 12.0. The molecule has 2 aliphatic heterocycles. The van der Waals surface area contributed by atoms with Crippen LogP contribution in [-0.2, 0) is 11.2 Å². The molecule has 2 N–H and O–H groups in total. The van der Waals surface area contributed by atoms with Gasteiger partial charge in [-0.15, -0.1) is 0 Å². The first kappa shape index (κ1) is 20.4. The van der Waals surface area contributed by atoms with Gasteiger partial charge < -0.3 is 15.0 Å². The van der Waals surface area contributed by atoms with Gasteiger partial charge in [-0.25, -0.2) is 0 Å². The Labute approximate surface area is 183 Å². The largest absolute Gasteiger partial charge is 0.496 e. The van der Waals surface area contributed by atoms with Crippen molar-refractivity contribution in [3.05, 3.63) is 52.7 Å². The van der Waals surface area contributed by atoms with Crippen molar-refractivity contribution in [1.29, 1.82) is 0 Å². The van der Waals surface area contributed by atoms with Crippen molar-refractivity contribution in [3.63, 3.8) is 0 Å². The van der Waals surface area contributed by atoms with Crippen molar-refractivity contribution in [2.75, 3.05) is 18.6 Å². The first-order valence-corrected chi connectivity index (χ1v) is 10.7. The fourth-order valence-corrected chi connectivity index (χ4v) is 4.47. The third-order valence-corrected chi connectivity index (χ3v) is 5.95. The third-order valence-electron chi connectivity index (χ3n) is 5.75. The average molecular weight is 422 g/mol. The molecule has 1 fully saturated rings. The van der Waals surface area contributed by atoms with Gasteiger partial charge in [-0.05, 0) is 98.4 Å². The summed E-state index contributed by atoms with van der Waals surface area (Å²) in [6.45, 7) is 7.75. The zero-order valence-electron chi connectivity index (χ0n) is 17.8. The van der Waals surface area contributed by atoms with Gasteiger partial charge in [0.05, 0.1) is 7.11 Å². The second-order valence-corrected chi connectivity index (χ2v) is 8.52. The van der Waals surface area contributed by atoms with E-state index in [1.165, 1.54) is 16.8 Å². The summed E-state index contributed by atoms with van der Waals surface area (Å²) < 4.78 is 5.67. The lowest BCUT2D eigenvalue weighted by Gasteiger charge is -2.35. The van der Waals surface area contributed by atoms with Crippen LogP contribution in [0, 0.1) is 6.92 Å². The van der Waals surface area contributed by atoms with E-state index in [1.54, 1.807) is 7.11 Å². The van der Waals surface area contributed by atoms with Crippen LogP contribution in [0.25, 0.3) is 17.2 Å². The summed E-state index contributed by atoms with van der Waals surface area (Å²) in [5.41, 5.74) is 7.48. The number of hydrogen-bond acceptors (Lipinski definition) is 4. The smallest absolute Gasteiger partial charge is 0.273 e. The minimum Gasteiger partial charge on any atom is -0.496 e. The topological polar surface area (TPSA) is 53.6 Å². The highest BCUT2D eigenvalue weighted by Crippen LogP contribution is 2.39. The Morgan fingerprint density at radius 3 is 2.63 bits per heavy atom. The molecule has 0 aromatic heterocycles. The fourth-order valence-electron chi connectivity index (χ4n) is 4.27. The molecule has 0 atom stereocenters. The number of methoxy groups -OCH3 is 1. The molecule has 1 amide bonds. The molecule has 5 nitrogen and oxygen atoms in total. The molecule has 2 aliphatic rings. The molecule has 1 saturated heterocycles. The van der Waals surface area contributed by atoms with E-state index >= 15 is 0 Å². The summed E-state index contributed by atoms with van der Waals surface area (Å²) in [4.78, 5) is 14.5. The number of carbonyl (C=O) groups excluding carboxylic acids is 1. The van der Waals surface area contributed by atoms with Crippen molar-refractivity contribution in [3.8, 4) is 16.9 Å². The van der Waals surface area contributed by atoms with Gasteiger partial charge in [0.2, 0.25) is 0 Å². The minimum absolute atomic E-state index is 0.212. The van der Waals surface area contributed by atoms with E-state index in [0.717, 1.165) is 41.8 Å². The van der Waals surface area contributed by atoms with Gasteiger partial charge in [0, 0.05) is 23.8 Å². The first-order valence-electron chi connectivity index (χ1n) is 10.3. The quantitative estimate of drug-likeness (QED) is 0.573. The van der Waals surface area contributed by atoms with Crippen molar-refractivity contribution >= 4 is 35.0 Å². The van der Waals surface area contributed by atoms with Crippen molar-refractivity contribution in [2.45, 2.75) is 39.7 Å². The lowest BCUT2D eigenvalue weighted by atomic mass is 9.91. The first-order chi connectivity index (χ1) is 14.4. The number of benzene rings is 2. The van der Waals surface area contributed by atoms with Gasteiger partial charge >= 0.3 is 0 Å². The number of aryl methyl sites for hydroxylation is 2. The number of ether oxygens (including phenoxy) is 1. The predicted molar refractivity (Wildman–Crippen MR) is 126 cm³/mol. The van der Waals surface area contributed by atoms with Gasteiger partial charge in [-0.1, -0.05) is 6.07 Å². The Morgan fingerprint density at radius 1 is 1.17 bits per heavy atom. The van der Waals surface area contributed by atoms with Crippen molar-refractivity contribution in [1.82, 2.24) is 10.6 Å². The third kappa shape index (κ3) is 3.79. The molecule has 2 heterocycles. The number of nitrogens with one attached hydrogen (secondary N) is 2. The number of fused-ring (bicyclic) bond motifs is 1. The highest BCUT2D eigenvalue weighted by Gasteiger charge is 2.23. The highest BCUT2D eigenvalue weighted by atomic mass is 32.1. The van der Waals surface area contributed by atoms with Crippen LogP contribution in [0.2, 0.25) is 0 Å². The van der Waals surface area contributed by atoms with Crippen LogP contribution in [0.3, 0.4) is 0 Å². The minimum atomic E-state index is -0.212. The van der Waals surface area contributed by atoms with E-state index < -0.39 is 0 Å². The number of rotatable bonds is 4. The van der Waals surface area contributed by atoms with Gasteiger partial charge in [0.15, 0.2) is 5.11 Å². The maximum Gasteiger partial charge on any atom is 0.273 e. The summed E-state index contributed by atoms with van der Waals surface area (Å²) >= 11 is 5.03. The Kier molecular flexibility index (Phi) is 5.52. The van der Waals surface area contributed by atoms with Gasteiger partial charge in [-0.3, -0.25) is 10.1 Å². The molecule has 156 valence electrons. The molecule has 2 aromatic rings. The second-order valence-electron chi connectivity index (χ2n) is 8.11. The molecule has 0 radical (unpaired) electrons. The Hall–Kier alpha value is -2.86. The van der Waals surface area contributed by atoms with E-state index in [2.05, 4.69) is 54.5 Å². The number of amides is 1. The summed E-state index contributed by atoms with van der Waals surface area (Å²) in [7, 11) is 1.69. The normalized spacial score (nSPS) is 17.2. The molecule has 0 unspecified atom stereocenters. The zero-order chi connectivity index (χ0) is 21.4. The summed E-state index contributed by atoms with van der Waals surface area (Å²) in [5.74, 6) is 0.604. The lowest BCUT2D eigenvalue weighted by Crippen LogP contribution is -2.35. The van der Waals surface area contributed by atoms with E-state index in [1.807, 2.05) is 18.2 Å². The number of carbonyl (C=O) groups is 1. The van der Waals surface area contributed by atoms with E-state index in [9.17, 15) is 4.79 Å². The predicted octanol–water partition coefficient (Wildman–Crippen LogP) is 4.18. The molecular weight excluding hydrogens is 394 g/mol. The van der Waals surface area contributed by atoms with Crippen LogP contribution in [-0.4, -0.2) is 30.7 Å². The molecule has 0 bridgehead atoms. The van der Waals surface area contributed by atoms with E-state index in [4.69, 9.17) is 17.0 Å². The van der Waals surface area contributed by atoms with Gasteiger partial charge in [0.1, 0.15) is 11.4 Å². The van der Waals surface area contributed by atoms with Crippen LogP contribution in [0.5, 0.6) is 5.75 Å². The molecule has 2 aromatic carbocycles. The summed E-state index contributed by atoms with van der Waals surface area (Å²) in [5, 5.41) is 5.83. The number of anilines is 1. The molecule has 6 heteroatoms. The Morgan fingerprint density at radius 2 is 1.97 bits per heavy atom. The molecule has 0 spiro atoms. The van der Waals surface area contributed by atoms with E-state index in [0.29, 0.717) is 16.9 Å².